The molecule has 4 heteroatoms. The number of nitrogens with two attached hydrogens (primary N) is 1. The van der Waals surface area contributed by atoms with E-state index in [-0.39, 0.29) is 12.0 Å². The molecule has 0 radical (unpaired) electrons. The summed E-state index contributed by atoms with van der Waals surface area (Å²) in [5.74, 6) is 2.95. The Balaban J connectivity index is 2.06. The predicted molar refractivity (Wildman–Crippen MR) is 57.5 cm³/mol. The molecule has 1 fully saturated rings. The molecule has 0 aromatic carbocycles. The van der Waals surface area contributed by atoms with Crippen LogP contribution in [0.5, 0.6) is 0 Å². The van der Waals surface area contributed by atoms with Crippen LogP contribution in [0.1, 0.15) is 57.2 Å². The van der Waals surface area contributed by atoms with E-state index < -0.39 is 0 Å². The topological polar surface area (TPSA) is 64.9 Å². The van der Waals surface area contributed by atoms with E-state index in [0.717, 1.165) is 12.2 Å². The average molecular weight is 209 g/mol. The van der Waals surface area contributed by atoms with Crippen LogP contribution in [0.15, 0.2) is 4.52 Å². The lowest BCUT2D eigenvalue weighted by Gasteiger charge is -2.13. The van der Waals surface area contributed by atoms with Gasteiger partial charge in [0.1, 0.15) is 0 Å². The number of hydrogen-bond donors (Lipinski definition) is 1. The van der Waals surface area contributed by atoms with Gasteiger partial charge in [0.2, 0.25) is 5.89 Å². The fourth-order valence-electron chi connectivity index (χ4n) is 1.80. The highest BCUT2D eigenvalue weighted by Gasteiger charge is 2.38. The summed E-state index contributed by atoms with van der Waals surface area (Å²) in [5.41, 5.74) is 5.95. The lowest BCUT2D eigenvalue weighted by molar-refractivity contribution is 0.336. The van der Waals surface area contributed by atoms with Crippen molar-refractivity contribution in [2.45, 2.75) is 51.5 Å². The van der Waals surface area contributed by atoms with Gasteiger partial charge < -0.3 is 10.3 Å². The van der Waals surface area contributed by atoms with Crippen molar-refractivity contribution in [3.05, 3.63) is 11.7 Å². The third-order valence-electron chi connectivity index (χ3n) is 3.40. The first-order chi connectivity index (χ1) is 7.13. The minimum atomic E-state index is 0.106. The maximum absolute atomic E-state index is 5.95. The van der Waals surface area contributed by atoms with E-state index in [4.69, 9.17) is 10.3 Å². The van der Waals surface area contributed by atoms with Crippen LogP contribution in [0.4, 0.5) is 0 Å². The van der Waals surface area contributed by atoms with E-state index in [9.17, 15) is 0 Å². The molecular weight excluding hydrogens is 190 g/mol. The second-order valence-electron chi connectivity index (χ2n) is 4.67. The molecule has 4 nitrogen and oxygen atoms in total. The monoisotopic (exact) mass is 209 g/mol. The van der Waals surface area contributed by atoms with Crippen molar-refractivity contribution in [3.8, 4) is 0 Å². The van der Waals surface area contributed by atoms with Gasteiger partial charge in [-0.15, -0.1) is 0 Å². The predicted octanol–water partition coefficient (Wildman–Crippen LogP) is 2.03. The SMILES string of the molecule is CCC(N)C(C)c1nc(C2CC2C)no1. The summed E-state index contributed by atoms with van der Waals surface area (Å²) in [7, 11) is 0. The van der Waals surface area contributed by atoms with Gasteiger partial charge in [-0.25, -0.2) is 0 Å². The fraction of sp³-hybridized carbons (Fsp3) is 0.818. The third kappa shape index (κ3) is 2.04. The van der Waals surface area contributed by atoms with E-state index in [0.29, 0.717) is 17.7 Å². The molecule has 1 aliphatic carbocycles. The van der Waals surface area contributed by atoms with Gasteiger partial charge in [-0.05, 0) is 18.8 Å². The normalized spacial score (nSPS) is 28.8. The molecule has 0 bridgehead atoms. The first-order valence-electron chi connectivity index (χ1n) is 5.72. The average Bonchev–Trinajstić information content (AvgIpc) is 2.80. The van der Waals surface area contributed by atoms with Crippen LogP contribution in [0.2, 0.25) is 0 Å². The van der Waals surface area contributed by atoms with Gasteiger partial charge in [-0.1, -0.05) is 25.9 Å². The zero-order valence-electron chi connectivity index (χ0n) is 9.60. The summed E-state index contributed by atoms with van der Waals surface area (Å²) in [6, 6.07) is 0.106. The van der Waals surface area contributed by atoms with Gasteiger partial charge >= 0.3 is 0 Å². The number of aromatic nitrogens is 2. The van der Waals surface area contributed by atoms with Crippen molar-refractivity contribution in [1.29, 1.82) is 0 Å². The van der Waals surface area contributed by atoms with Crippen molar-refractivity contribution < 1.29 is 4.52 Å². The Morgan fingerprint density at radius 2 is 2.27 bits per heavy atom. The van der Waals surface area contributed by atoms with Gasteiger partial charge in [0.25, 0.3) is 0 Å². The quantitative estimate of drug-likeness (QED) is 0.824. The van der Waals surface area contributed by atoms with E-state index in [2.05, 4.69) is 24.0 Å². The van der Waals surface area contributed by atoms with Crippen LogP contribution in [-0.2, 0) is 0 Å². The Morgan fingerprint density at radius 1 is 1.60 bits per heavy atom. The second kappa shape index (κ2) is 3.93. The minimum Gasteiger partial charge on any atom is -0.339 e. The van der Waals surface area contributed by atoms with Crippen molar-refractivity contribution in [2.24, 2.45) is 11.7 Å². The first kappa shape index (κ1) is 10.6. The number of rotatable bonds is 4. The summed E-state index contributed by atoms with van der Waals surface area (Å²) in [6.45, 7) is 6.32. The summed E-state index contributed by atoms with van der Waals surface area (Å²) in [5, 5.41) is 4.02. The molecule has 2 N–H and O–H groups in total. The molecule has 1 aromatic heterocycles. The van der Waals surface area contributed by atoms with Gasteiger partial charge in [0.05, 0.1) is 5.92 Å². The van der Waals surface area contributed by atoms with E-state index in [1.165, 1.54) is 6.42 Å². The van der Waals surface area contributed by atoms with Gasteiger partial charge in [-0.2, -0.15) is 4.98 Å². The lowest BCUT2D eigenvalue weighted by Crippen LogP contribution is -2.25. The molecule has 0 saturated heterocycles. The van der Waals surface area contributed by atoms with Crippen molar-refractivity contribution in [3.63, 3.8) is 0 Å². The molecule has 15 heavy (non-hydrogen) atoms. The van der Waals surface area contributed by atoms with Crippen LogP contribution in [0.3, 0.4) is 0 Å². The zero-order chi connectivity index (χ0) is 11.0. The highest BCUT2D eigenvalue weighted by molar-refractivity contribution is 5.09. The maximum Gasteiger partial charge on any atom is 0.231 e. The van der Waals surface area contributed by atoms with Gasteiger partial charge in [0.15, 0.2) is 5.82 Å². The van der Waals surface area contributed by atoms with Crippen LogP contribution in [0, 0.1) is 5.92 Å². The maximum atomic E-state index is 5.95. The van der Waals surface area contributed by atoms with Crippen LogP contribution in [0.25, 0.3) is 0 Å². The van der Waals surface area contributed by atoms with Crippen LogP contribution < -0.4 is 5.73 Å². The molecule has 1 heterocycles. The Bertz CT molecular complexity index is 336. The first-order valence-corrected chi connectivity index (χ1v) is 5.72. The van der Waals surface area contributed by atoms with E-state index in [1.54, 1.807) is 0 Å². The Hall–Kier alpha value is -0.900. The molecule has 4 unspecified atom stereocenters. The molecule has 0 amide bonds. The smallest absolute Gasteiger partial charge is 0.231 e. The van der Waals surface area contributed by atoms with Crippen LogP contribution in [-0.4, -0.2) is 16.2 Å². The highest BCUT2D eigenvalue weighted by atomic mass is 16.5. The van der Waals surface area contributed by atoms with Crippen molar-refractivity contribution in [2.75, 3.05) is 0 Å². The standard InChI is InChI=1S/C11H19N3O/c1-4-9(12)7(3)11-13-10(14-15-11)8-5-6(8)2/h6-9H,4-5,12H2,1-3H3. The lowest BCUT2D eigenvalue weighted by atomic mass is 10.0. The molecule has 1 aromatic rings. The Labute approximate surface area is 90.2 Å². The third-order valence-corrected chi connectivity index (χ3v) is 3.40. The van der Waals surface area contributed by atoms with E-state index in [1.807, 2.05) is 6.92 Å². The highest BCUT2D eigenvalue weighted by Crippen LogP contribution is 2.45. The number of hydrogen-bond acceptors (Lipinski definition) is 4. The molecule has 1 saturated carbocycles. The summed E-state index contributed by atoms with van der Waals surface area (Å²) < 4.78 is 5.26. The molecule has 0 aliphatic heterocycles. The minimum absolute atomic E-state index is 0.106. The summed E-state index contributed by atoms with van der Waals surface area (Å²) in [4.78, 5) is 4.43. The Morgan fingerprint density at radius 3 is 2.80 bits per heavy atom. The second-order valence-corrected chi connectivity index (χ2v) is 4.67. The van der Waals surface area contributed by atoms with Crippen molar-refractivity contribution >= 4 is 0 Å². The molecule has 0 spiro atoms. The van der Waals surface area contributed by atoms with Crippen LogP contribution >= 0.6 is 0 Å². The Kier molecular flexibility index (Phi) is 2.78. The largest absolute Gasteiger partial charge is 0.339 e. The zero-order valence-corrected chi connectivity index (χ0v) is 9.60. The van der Waals surface area contributed by atoms with Gasteiger partial charge in [-0.3, -0.25) is 0 Å². The molecule has 2 rings (SSSR count). The molecule has 1 aliphatic rings. The summed E-state index contributed by atoms with van der Waals surface area (Å²) in [6.07, 6.45) is 2.12. The van der Waals surface area contributed by atoms with Gasteiger partial charge in [0, 0.05) is 12.0 Å². The summed E-state index contributed by atoms with van der Waals surface area (Å²) >= 11 is 0. The molecular formula is C11H19N3O. The number of nitrogens with zero attached hydrogens (tertiary/aromatic N) is 2. The molecule has 4 atom stereocenters. The van der Waals surface area contributed by atoms with Crippen molar-refractivity contribution in [1.82, 2.24) is 10.1 Å². The fourth-order valence-corrected chi connectivity index (χ4v) is 1.80. The molecule has 84 valence electrons. The van der Waals surface area contributed by atoms with E-state index >= 15 is 0 Å².